The van der Waals surface area contributed by atoms with Crippen molar-refractivity contribution in [2.24, 2.45) is 5.92 Å². The van der Waals surface area contributed by atoms with E-state index >= 15 is 0 Å². The molecule has 0 aliphatic carbocycles. The van der Waals surface area contributed by atoms with Gasteiger partial charge in [0.2, 0.25) is 0 Å². The van der Waals surface area contributed by atoms with Crippen molar-refractivity contribution in [1.82, 2.24) is 25.8 Å². The van der Waals surface area contributed by atoms with Crippen molar-refractivity contribution in [3.8, 4) is 11.1 Å². The Bertz CT molecular complexity index is 1320. The fraction of sp³-hybridized carbons (Fsp3) is 0.308. The van der Waals surface area contributed by atoms with E-state index in [4.69, 9.17) is 0 Å². The molecule has 0 bridgehead atoms. The van der Waals surface area contributed by atoms with Gasteiger partial charge in [0.25, 0.3) is 5.91 Å². The number of amides is 1. The Hall–Kier alpha value is -3.36. The van der Waals surface area contributed by atoms with Gasteiger partial charge in [-0.1, -0.05) is 6.92 Å². The van der Waals surface area contributed by atoms with Crippen LogP contribution in [-0.2, 0) is 0 Å². The molecular formula is C26H27N5O2S. The number of hydrogen-bond acceptors (Lipinski definition) is 6. The molecular weight excluding hydrogens is 446 g/mol. The van der Waals surface area contributed by atoms with Crippen LogP contribution in [0.15, 0.2) is 54.3 Å². The molecule has 0 saturated carbocycles. The third-order valence-electron chi connectivity index (χ3n) is 6.46. The fourth-order valence-electron chi connectivity index (χ4n) is 4.45. The summed E-state index contributed by atoms with van der Waals surface area (Å²) in [5.74, 6) is 0.221. The monoisotopic (exact) mass is 473 g/mol. The van der Waals surface area contributed by atoms with E-state index in [0.29, 0.717) is 5.56 Å². The van der Waals surface area contributed by atoms with Crippen LogP contribution in [0.1, 0.15) is 57.8 Å². The van der Waals surface area contributed by atoms with Crippen LogP contribution in [0, 0.1) is 5.92 Å². The number of Topliss-reactive ketones (excluding diaryl/α,β-unsaturated/α-hetero) is 1. The lowest BCUT2D eigenvalue weighted by Gasteiger charge is -2.20. The first-order valence-electron chi connectivity index (χ1n) is 11.6. The van der Waals surface area contributed by atoms with Crippen molar-refractivity contribution in [3.63, 3.8) is 0 Å². The number of ketones is 1. The Labute approximate surface area is 202 Å². The minimum absolute atomic E-state index is 0.109. The van der Waals surface area contributed by atoms with Crippen LogP contribution in [0.2, 0.25) is 0 Å². The van der Waals surface area contributed by atoms with Crippen molar-refractivity contribution in [1.29, 1.82) is 0 Å². The van der Waals surface area contributed by atoms with Crippen LogP contribution in [0.4, 0.5) is 0 Å². The number of thiophene rings is 1. The maximum absolute atomic E-state index is 12.9. The number of aromatic amines is 1. The number of carbonyl (C=O) groups excluding carboxylic acids is 2. The molecule has 1 unspecified atom stereocenters. The minimum Gasteiger partial charge on any atom is -0.345 e. The predicted octanol–water partition coefficient (Wildman–Crippen LogP) is 4.75. The molecule has 0 radical (unpaired) electrons. The Balaban J connectivity index is 1.32. The maximum Gasteiger partial charge on any atom is 0.251 e. The van der Waals surface area contributed by atoms with Gasteiger partial charge in [-0.25, -0.2) is 0 Å². The molecule has 34 heavy (non-hydrogen) atoms. The average molecular weight is 474 g/mol. The molecule has 0 spiro atoms. The number of H-pyrrole nitrogens is 1. The fourth-order valence-corrected chi connectivity index (χ4v) is 5.39. The molecule has 4 aromatic rings. The van der Waals surface area contributed by atoms with E-state index in [1.807, 2.05) is 36.7 Å². The summed E-state index contributed by atoms with van der Waals surface area (Å²) in [6.07, 6.45) is 7.84. The Morgan fingerprint density at radius 3 is 2.79 bits per heavy atom. The zero-order valence-corrected chi connectivity index (χ0v) is 19.8. The van der Waals surface area contributed by atoms with Crippen LogP contribution < -0.4 is 10.6 Å². The molecule has 174 valence electrons. The summed E-state index contributed by atoms with van der Waals surface area (Å²) in [7, 11) is 0. The zero-order valence-electron chi connectivity index (χ0n) is 19.0. The van der Waals surface area contributed by atoms with E-state index in [1.54, 1.807) is 18.5 Å². The molecule has 5 rings (SSSR count). The third-order valence-corrected chi connectivity index (χ3v) is 7.41. The number of nitrogens with zero attached hydrogens (tertiary/aromatic N) is 2. The van der Waals surface area contributed by atoms with Gasteiger partial charge >= 0.3 is 0 Å². The van der Waals surface area contributed by atoms with Gasteiger partial charge in [0.15, 0.2) is 5.78 Å². The number of aromatic nitrogens is 3. The van der Waals surface area contributed by atoms with E-state index in [2.05, 4.69) is 31.9 Å². The summed E-state index contributed by atoms with van der Waals surface area (Å²) in [4.78, 5) is 31.1. The van der Waals surface area contributed by atoms with Crippen molar-refractivity contribution >= 4 is 33.9 Å². The van der Waals surface area contributed by atoms with Gasteiger partial charge in [0.1, 0.15) is 0 Å². The van der Waals surface area contributed by atoms with Crippen molar-refractivity contribution < 1.29 is 9.59 Å². The lowest BCUT2D eigenvalue weighted by atomic mass is 9.92. The smallest absolute Gasteiger partial charge is 0.251 e. The highest BCUT2D eigenvalue weighted by atomic mass is 32.1. The summed E-state index contributed by atoms with van der Waals surface area (Å²) in [6.45, 7) is 3.85. The molecule has 3 aromatic heterocycles. The molecule has 1 fully saturated rings. The van der Waals surface area contributed by atoms with Crippen LogP contribution in [0.5, 0.6) is 0 Å². The first-order chi connectivity index (χ1) is 16.6. The summed E-state index contributed by atoms with van der Waals surface area (Å²) < 4.78 is 0. The second-order valence-electron chi connectivity index (χ2n) is 8.70. The summed E-state index contributed by atoms with van der Waals surface area (Å²) in [5, 5.41) is 16.3. The molecule has 1 aromatic carbocycles. The first-order valence-corrected chi connectivity index (χ1v) is 12.5. The highest BCUT2D eigenvalue weighted by Crippen LogP contribution is 2.30. The SMILES string of the molecule is CCC(NC(=O)c1ccc2[nH]ncc2c1)c1cncc(-c2csc(C(=O)C3CCNCC3)c2)c1. The van der Waals surface area contributed by atoms with E-state index in [9.17, 15) is 9.59 Å². The molecule has 1 saturated heterocycles. The predicted molar refractivity (Wildman–Crippen MR) is 134 cm³/mol. The van der Waals surface area contributed by atoms with Gasteiger partial charge in [0.05, 0.1) is 22.6 Å². The molecule has 4 heterocycles. The second kappa shape index (κ2) is 9.87. The third kappa shape index (κ3) is 4.64. The molecule has 3 N–H and O–H groups in total. The Kier molecular flexibility index (Phi) is 6.51. The zero-order chi connectivity index (χ0) is 23.5. The number of carbonyl (C=O) groups is 2. The highest BCUT2D eigenvalue weighted by molar-refractivity contribution is 7.12. The number of piperidine rings is 1. The lowest BCUT2D eigenvalue weighted by Crippen LogP contribution is -2.31. The average Bonchev–Trinajstić information content (AvgIpc) is 3.57. The van der Waals surface area contributed by atoms with Crippen molar-refractivity contribution in [2.45, 2.75) is 32.2 Å². The van der Waals surface area contributed by atoms with Gasteiger partial charge in [-0.2, -0.15) is 5.10 Å². The number of fused-ring (bicyclic) bond motifs is 1. The minimum atomic E-state index is -0.172. The maximum atomic E-state index is 12.9. The van der Waals surface area contributed by atoms with E-state index in [0.717, 1.165) is 64.8 Å². The topological polar surface area (TPSA) is 99.8 Å². The van der Waals surface area contributed by atoms with Gasteiger partial charge in [-0.15, -0.1) is 11.3 Å². The number of nitrogens with one attached hydrogen (secondary N) is 3. The second-order valence-corrected chi connectivity index (χ2v) is 9.61. The Morgan fingerprint density at radius 1 is 1.12 bits per heavy atom. The van der Waals surface area contributed by atoms with E-state index in [-0.39, 0.29) is 23.7 Å². The van der Waals surface area contributed by atoms with Gasteiger partial charge in [-0.05, 0) is 79.2 Å². The van der Waals surface area contributed by atoms with Crippen molar-refractivity contribution in [2.75, 3.05) is 13.1 Å². The Morgan fingerprint density at radius 2 is 1.97 bits per heavy atom. The molecule has 1 aliphatic rings. The summed E-state index contributed by atoms with van der Waals surface area (Å²) in [5.41, 5.74) is 4.37. The molecule has 1 atom stereocenters. The van der Waals surface area contributed by atoms with Crippen molar-refractivity contribution in [3.05, 3.63) is 70.3 Å². The standard InChI is InChI=1S/C26H27N5O2S/c1-2-22(30-26(33)17-3-4-23-20(9-17)14-29-31-23)19-10-18(12-28-13-19)21-11-24(34-15-21)25(32)16-5-7-27-8-6-16/h3-4,9-16,22,27H,2,5-8H2,1H3,(H,29,31)(H,30,33). The van der Waals surface area contributed by atoms with Crippen LogP contribution in [0.25, 0.3) is 22.0 Å². The summed E-state index contributed by atoms with van der Waals surface area (Å²) >= 11 is 1.50. The largest absolute Gasteiger partial charge is 0.345 e. The lowest BCUT2D eigenvalue weighted by molar-refractivity contribution is 0.0898. The van der Waals surface area contributed by atoms with E-state index in [1.165, 1.54) is 11.3 Å². The number of benzene rings is 1. The van der Waals surface area contributed by atoms with Crippen LogP contribution >= 0.6 is 11.3 Å². The quantitative estimate of drug-likeness (QED) is 0.336. The highest BCUT2D eigenvalue weighted by Gasteiger charge is 2.24. The normalized spacial score (nSPS) is 15.3. The van der Waals surface area contributed by atoms with Gasteiger partial charge < -0.3 is 10.6 Å². The van der Waals surface area contributed by atoms with Gasteiger partial charge in [0, 0.05) is 34.8 Å². The molecule has 1 amide bonds. The van der Waals surface area contributed by atoms with Crippen LogP contribution in [-0.4, -0.2) is 40.0 Å². The first kappa shape index (κ1) is 22.4. The number of hydrogen-bond donors (Lipinski definition) is 3. The van der Waals surface area contributed by atoms with Crippen LogP contribution in [0.3, 0.4) is 0 Å². The molecule has 7 nitrogen and oxygen atoms in total. The van der Waals surface area contributed by atoms with Gasteiger partial charge in [-0.3, -0.25) is 19.7 Å². The molecule has 8 heteroatoms. The molecule has 1 aliphatic heterocycles. The number of pyridine rings is 1. The summed E-state index contributed by atoms with van der Waals surface area (Å²) in [6, 6.07) is 9.36. The number of rotatable bonds is 7. The van der Waals surface area contributed by atoms with E-state index < -0.39 is 0 Å².